The molecule has 0 radical (unpaired) electrons. The predicted molar refractivity (Wildman–Crippen MR) is 259 cm³/mol. The smallest absolute Gasteiger partial charge is 0.162 e. The molecule has 0 aromatic heterocycles. The number of ketones is 2. The second kappa shape index (κ2) is 29.6. The molecule has 0 spiro atoms. The van der Waals surface area contributed by atoms with E-state index in [-0.39, 0.29) is 17.7 Å². The molecule has 0 amide bonds. The topological polar surface area (TPSA) is 91.8 Å². The lowest BCUT2D eigenvalue weighted by Gasteiger charge is -2.33. The summed E-state index contributed by atoms with van der Waals surface area (Å²) in [7, 11) is 0. The standard InChI is InChI=1S/C18H29NO2.2C18H27NO2/c2*1-3-18(20)16-5-7-17(8-6-16)21-14-4-11-19-12-9-15(2)10-13-19;1-3-18(20)16-8-10-17(11-9-16)21-14-6-13-19-12-5-4-7-15(19)2/h5-8,15,18,20H,3-4,9-14H2,1-2H3;5-8,15H,3-4,9-14H2,1-2H3;8-11,15H,3-7,12-14H2,1-2H3. The molecular weight excluding hydrogens is 787 g/mol. The summed E-state index contributed by atoms with van der Waals surface area (Å²) in [4.78, 5) is 30.7. The third kappa shape index (κ3) is 19.9. The van der Waals surface area contributed by atoms with Crippen LogP contribution in [0.15, 0.2) is 72.8 Å². The summed E-state index contributed by atoms with van der Waals surface area (Å²) < 4.78 is 17.3. The fraction of sp³-hybridized carbons (Fsp3) is 0.630. The molecule has 9 nitrogen and oxygen atoms in total. The van der Waals surface area contributed by atoms with Gasteiger partial charge in [0.2, 0.25) is 0 Å². The first kappa shape index (κ1) is 51.9. The maximum atomic E-state index is 11.5. The number of ether oxygens (including phenoxy) is 3. The largest absolute Gasteiger partial charge is 0.494 e. The highest BCUT2D eigenvalue weighted by Gasteiger charge is 2.18. The highest BCUT2D eigenvalue weighted by molar-refractivity contribution is 5.96. The number of aliphatic hydroxyl groups excluding tert-OH is 1. The van der Waals surface area contributed by atoms with Gasteiger partial charge in [0, 0.05) is 49.6 Å². The lowest BCUT2D eigenvalue weighted by molar-refractivity contribution is 0.0980. The van der Waals surface area contributed by atoms with Crippen molar-refractivity contribution in [3.63, 3.8) is 0 Å². The van der Waals surface area contributed by atoms with Crippen LogP contribution >= 0.6 is 0 Å². The van der Waals surface area contributed by atoms with Crippen molar-refractivity contribution >= 4 is 11.6 Å². The molecule has 2 atom stereocenters. The van der Waals surface area contributed by atoms with Crippen molar-refractivity contribution in [2.24, 2.45) is 11.8 Å². The number of benzene rings is 3. The van der Waals surface area contributed by atoms with E-state index >= 15 is 0 Å². The van der Waals surface area contributed by atoms with Crippen LogP contribution in [-0.2, 0) is 0 Å². The molecule has 63 heavy (non-hydrogen) atoms. The number of carbonyl (C=O) groups is 2. The van der Waals surface area contributed by atoms with Gasteiger partial charge in [-0.3, -0.25) is 9.59 Å². The Morgan fingerprint density at radius 1 is 0.556 bits per heavy atom. The van der Waals surface area contributed by atoms with Gasteiger partial charge in [-0.1, -0.05) is 53.2 Å². The quantitative estimate of drug-likeness (QED) is 0.0830. The summed E-state index contributed by atoms with van der Waals surface area (Å²) in [5.74, 6) is 4.76. The first-order chi connectivity index (χ1) is 30.6. The number of hydrogen-bond donors (Lipinski definition) is 1. The zero-order valence-corrected chi connectivity index (χ0v) is 40.0. The van der Waals surface area contributed by atoms with E-state index in [0.717, 1.165) is 117 Å². The van der Waals surface area contributed by atoms with Crippen molar-refractivity contribution in [2.75, 3.05) is 72.2 Å². The van der Waals surface area contributed by atoms with Crippen LogP contribution in [0.4, 0.5) is 0 Å². The SMILES string of the molecule is CCC(=O)c1ccc(OCCCN2CCC(C)CC2)cc1.CCC(=O)c1ccc(OCCCN2CCCCC2C)cc1.CCC(O)c1ccc(OCCCN2CCC(C)CC2)cc1. The van der Waals surface area contributed by atoms with Crippen LogP contribution in [0.3, 0.4) is 0 Å². The summed E-state index contributed by atoms with van der Waals surface area (Å²) in [5, 5.41) is 9.75. The Labute approximate surface area is 381 Å². The van der Waals surface area contributed by atoms with Crippen LogP contribution in [0.2, 0.25) is 0 Å². The van der Waals surface area contributed by atoms with Gasteiger partial charge in [0.15, 0.2) is 11.6 Å². The number of rotatable bonds is 21. The van der Waals surface area contributed by atoms with E-state index in [4.69, 9.17) is 14.2 Å². The normalized spacial score (nSPS) is 18.3. The molecule has 3 heterocycles. The predicted octanol–water partition coefficient (Wildman–Crippen LogP) is 11.3. The maximum Gasteiger partial charge on any atom is 0.162 e. The second-order valence-corrected chi connectivity index (χ2v) is 18.1. The van der Waals surface area contributed by atoms with Crippen molar-refractivity contribution in [3.8, 4) is 17.2 Å². The van der Waals surface area contributed by atoms with Crippen LogP contribution < -0.4 is 14.2 Å². The van der Waals surface area contributed by atoms with Crippen molar-refractivity contribution in [1.82, 2.24) is 14.7 Å². The Balaban J connectivity index is 0.000000207. The van der Waals surface area contributed by atoms with Crippen LogP contribution in [-0.4, -0.2) is 110 Å². The van der Waals surface area contributed by atoms with Crippen LogP contribution in [0.5, 0.6) is 17.2 Å². The molecule has 6 rings (SSSR count). The second-order valence-electron chi connectivity index (χ2n) is 18.1. The van der Waals surface area contributed by atoms with E-state index in [0.29, 0.717) is 12.8 Å². The first-order valence-corrected chi connectivity index (χ1v) is 24.7. The Hall–Kier alpha value is -3.76. The molecule has 3 aliphatic heterocycles. The van der Waals surface area contributed by atoms with Gasteiger partial charge in [-0.25, -0.2) is 0 Å². The molecule has 350 valence electrons. The van der Waals surface area contributed by atoms with E-state index in [2.05, 4.69) is 35.5 Å². The highest BCUT2D eigenvalue weighted by Crippen LogP contribution is 2.22. The highest BCUT2D eigenvalue weighted by atomic mass is 16.5. The summed E-state index contributed by atoms with van der Waals surface area (Å²) >= 11 is 0. The van der Waals surface area contributed by atoms with Crippen molar-refractivity contribution in [1.29, 1.82) is 0 Å². The average Bonchev–Trinajstić information content (AvgIpc) is 3.32. The molecule has 2 unspecified atom stereocenters. The molecule has 3 aromatic carbocycles. The summed E-state index contributed by atoms with van der Waals surface area (Å²) in [6, 6.07) is 23.5. The third-order valence-corrected chi connectivity index (χ3v) is 13.0. The van der Waals surface area contributed by atoms with Gasteiger partial charge in [-0.2, -0.15) is 0 Å². The molecule has 3 saturated heterocycles. The minimum absolute atomic E-state index is 0.181. The minimum Gasteiger partial charge on any atom is -0.494 e. The molecule has 1 N–H and O–H groups in total. The summed E-state index contributed by atoms with van der Waals surface area (Å²) in [6.45, 7) is 24.6. The van der Waals surface area contributed by atoms with Crippen LogP contribution in [0.25, 0.3) is 0 Å². The van der Waals surface area contributed by atoms with E-state index in [1.807, 2.05) is 93.6 Å². The van der Waals surface area contributed by atoms with E-state index < -0.39 is 0 Å². The molecule has 0 aliphatic carbocycles. The Morgan fingerprint density at radius 3 is 1.33 bits per heavy atom. The lowest BCUT2D eigenvalue weighted by atomic mass is 9.99. The van der Waals surface area contributed by atoms with E-state index in [9.17, 15) is 14.7 Å². The number of Topliss-reactive ketones (excluding diaryl/α,β-unsaturated/α-hetero) is 2. The molecular formula is C54H83N3O6. The molecule has 3 aliphatic rings. The van der Waals surface area contributed by atoms with Crippen molar-refractivity contribution < 1.29 is 28.9 Å². The van der Waals surface area contributed by atoms with Crippen molar-refractivity contribution in [2.45, 2.75) is 137 Å². The van der Waals surface area contributed by atoms with Gasteiger partial charge < -0.3 is 34.0 Å². The number of carbonyl (C=O) groups excluding carboxylic acids is 2. The van der Waals surface area contributed by atoms with Gasteiger partial charge in [-0.15, -0.1) is 0 Å². The fourth-order valence-electron chi connectivity index (χ4n) is 8.38. The maximum absolute atomic E-state index is 11.5. The number of likely N-dealkylation sites (tertiary alicyclic amines) is 3. The Bertz CT molecular complexity index is 1670. The van der Waals surface area contributed by atoms with Crippen LogP contribution in [0, 0.1) is 11.8 Å². The van der Waals surface area contributed by atoms with E-state index in [1.165, 1.54) is 77.7 Å². The fourth-order valence-corrected chi connectivity index (χ4v) is 8.38. The number of nitrogens with zero attached hydrogens (tertiary/aromatic N) is 3. The molecule has 0 bridgehead atoms. The molecule has 9 heteroatoms. The average molecular weight is 870 g/mol. The molecule has 3 fully saturated rings. The first-order valence-electron chi connectivity index (χ1n) is 24.7. The zero-order chi connectivity index (χ0) is 45.2. The van der Waals surface area contributed by atoms with Gasteiger partial charge in [0.25, 0.3) is 0 Å². The summed E-state index contributed by atoms with van der Waals surface area (Å²) in [6.07, 6.45) is 14.0. The molecule has 3 aromatic rings. The van der Waals surface area contributed by atoms with Gasteiger partial charge in [-0.05, 0) is 182 Å². The van der Waals surface area contributed by atoms with Gasteiger partial charge in [0.05, 0.1) is 25.9 Å². The van der Waals surface area contributed by atoms with Gasteiger partial charge in [0.1, 0.15) is 17.2 Å². The molecule has 0 saturated carbocycles. The third-order valence-electron chi connectivity index (χ3n) is 13.0. The summed E-state index contributed by atoms with van der Waals surface area (Å²) in [5.41, 5.74) is 2.51. The van der Waals surface area contributed by atoms with Crippen LogP contribution in [0.1, 0.15) is 157 Å². The lowest BCUT2D eigenvalue weighted by Crippen LogP contribution is -2.38. The Kier molecular flexibility index (Phi) is 24.4. The number of piperidine rings is 3. The number of hydrogen-bond acceptors (Lipinski definition) is 9. The van der Waals surface area contributed by atoms with Gasteiger partial charge >= 0.3 is 0 Å². The van der Waals surface area contributed by atoms with Crippen molar-refractivity contribution in [3.05, 3.63) is 89.5 Å². The monoisotopic (exact) mass is 870 g/mol. The number of aliphatic hydroxyl groups is 1. The minimum atomic E-state index is -0.361. The van der Waals surface area contributed by atoms with E-state index in [1.54, 1.807) is 0 Å². The zero-order valence-electron chi connectivity index (χ0n) is 40.0. The Morgan fingerprint density at radius 2 is 0.952 bits per heavy atom.